The van der Waals surface area contributed by atoms with E-state index in [1.54, 1.807) is 0 Å². The number of nitrogens with zero attached hydrogens (tertiary/aromatic N) is 2. The lowest BCUT2D eigenvalue weighted by Gasteiger charge is -2.42. The summed E-state index contributed by atoms with van der Waals surface area (Å²) in [5.41, 5.74) is 9.91. The molecule has 4 heteroatoms. The molecule has 0 radical (unpaired) electrons. The van der Waals surface area contributed by atoms with E-state index in [1.807, 2.05) is 0 Å². The van der Waals surface area contributed by atoms with Crippen LogP contribution in [-0.4, -0.2) is 55.2 Å². The highest BCUT2D eigenvalue weighted by Gasteiger charge is 2.43. The third-order valence-corrected chi connectivity index (χ3v) is 4.24. The van der Waals surface area contributed by atoms with Crippen LogP contribution < -0.4 is 11.2 Å². The average Bonchev–Trinajstić information content (AvgIpc) is 3.13. The first kappa shape index (κ1) is 12.3. The van der Waals surface area contributed by atoms with Gasteiger partial charge in [-0.1, -0.05) is 6.92 Å². The Bertz CT molecular complexity index is 215. The molecule has 94 valence electrons. The zero-order valence-corrected chi connectivity index (χ0v) is 10.7. The predicted octanol–water partition coefficient (Wildman–Crippen LogP) is 0.256. The maximum absolute atomic E-state index is 6.00. The van der Waals surface area contributed by atoms with Gasteiger partial charge >= 0.3 is 0 Å². The molecule has 0 aromatic rings. The summed E-state index contributed by atoms with van der Waals surface area (Å²) in [6, 6.07) is 0. The topological polar surface area (TPSA) is 44.5 Å². The van der Waals surface area contributed by atoms with Crippen LogP contribution in [0.2, 0.25) is 0 Å². The third-order valence-electron chi connectivity index (χ3n) is 4.24. The van der Waals surface area contributed by atoms with Crippen LogP contribution in [0.3, 0.4) is 0 Å². The lowest BCUT2D eigenvalue weighted by molar-refractivity contribution is 0.0441. The Morgan fingerprint density at radius 3 is 2.31 bits per heavy atom. The van der Waals surface area contributed by atoms with Gasteiger partial charge in [0.25, 0.3) is 0 Å². The van der Waals surface area contributed by atoms with Crippen molar-refractivity contribution in [3.8, 4) is 0 Å². The molecule has 4 nitrogen and oxygen atoms in total. The second-order valence-electron chi connectivity index (χ2n) is 5.39. The van der Waals surface area contributed by atoms with Gasteiger partial charge in [0.05, 0.1) is 0 Å². The van der Waals surface area contributed by atoms with E-state index in [1.165, 1.54) is 12.8 Å². The SMILES string of the molecule is CCC(CN)(NN1CCN(C)CC1)C1CC1. The standard InChI is InChI=1S/C12H26N4/c1-3-12(10-13,11-4-5-11)14-16-8-6-15(2)7-9-16/h11,14H,3-10,13H2,1-2H3. The van der Waals surface area contributed by atoms with Gasteiger partial charge in [0.2, 0.25) is 0 Å². The molecule has 2 aliphatic rings. The van der Waals surface area contributed by atoms with Crippen molar-refractivity contribution >= 4 is 0 Å². The first-order chi connectivity index (χ1) is 7.70. The second kappa shape index (κ2) is 5.00. The van der Waals surface area contributed by atoms with Crippen molar-refractivity contribution in [2.45, 2.75) is 31.7 Å². The number of piperazine rings is 1. The molecule has 0 aromatic carbocycles. The summed E-state index contributed by atoms with van der Waals surface area (Å²) in [6.07, 6.45) is 3.85. The first-order valence-corrected chi connectivity index (χ1v) is 6.61. The van der Waals surface area contributed by atoms with Crippen LogP contribution in [0.1, 0.15) is 26.2 Å². The summed E-state index contributed by atoms with van der Waals surface area (Å²) in [6.45, 7) is 7.56. The van der Waals surface area contributed by atoms with Crippen molar-refractivity contribution < 1.29 is 0 Å². The van der Waals surface area contributed by atoms with Gasteiger partial charge in [0, 0.05) is 38.3 Å². The molecule has 1 heterocycles. The van der Waals surface area contributed by atoms with Crippen molar-refractivity contribution in [2.24, 2.45) is 11.7 Å². The Hall–Kier alpha value is -0.160. The zero-order chi connectivity index (χ0) is 11.6. The molecule has 2 rings (SSSR count). The third kappa shape index (κ3) is 2.56. The molecular formula is C12H26N4. The maximum Gasteiger partial charge on any atom is 0.0473 e. The minimum Gasteiger partial charge on any atom is -0.329 e. The smallest absolute Gasteiger partial charge is 0.0473 e. The van der Waals surface area contributed by atoms with Crippen molar-refractivity contribution in [2.75, 3.05) is 39.8 Å². The van der Waals surface area contributed by atoms with E-state index >= 15 is 0 Å². The molecule has 1 atom stereocenters. The highest BCUT2D eigenvalue weighted by atomic mass is 15.6. The molecule has 16 heavy (non-hydrogen) atoms. The van der Waals surface area contributed by atoms with Gasteiger partial charge in [-0.05, 0) is 32.2 Å². The molecule has 1 unspecified atom stereocenters. The number of likely N-dealkylation sites (N-methyl/N-ethyl adjacent to an activating group) is 1. The van der Waals surface area contributed by atoms with Crippen LogP contribution in [0.15, 0.2) is 0 Å². The average molecular weight is 226 g/mol. The van der Waals surface area contributed by atoms with E-state index in [4.69, 9.17) is 5.73 Å². The number of hydrogen-bond donors (Lipinski definition) is 2. The number of rotatable bonds is 5. The Kier molecular flexibility index (Phi) is 3.85. The van der Waals surface area contributed by atoms with E-state index in [-0.39, 0.29) is 5.54 Å². The molecule has 0 spiro atoms. The van der Waals surface area contributed by atoms with Gasteiger partial charge < -0.3 is 10.6 Å². The number of hydrazine groups is 1. The van der Waals surface area contributed by atoms with Gasteiger partial charge in [0.15, 0.2) is 0 Å². The Labute approximate surface area is 99.1 Å². The molecule has 0 bridgehead atoms. The maximum atomic E-state index is 6.00. The summed E-state index contributed by atoms with van der Waals surface area (Å²) in [4.78, 5) is 2.38. The van der Waals surface area contributed by atoms with Gasteiger partial charge in [0.1, 0.15) is 0 Å². The Morgan fingerprint density at radius 1 is 1.25 bits per heavy atom. The highest BCUT2D eigenvalue weighted by Crippen LogP contribution is 2.41. The van der Waals surface area contributed by atoms with Crippen molar-refractivity contribution in [3.63, 3.8) is 0 Å². The lowest BCUT2D eigenvalue weighted by atomic mass is 9.91. The largest absolute Gasteiger partial charge is 0.329 e. The quantitative estimate of drug-likeness (QED) is 0.706. The molecule has 3 N–H and O–H groups in total. The lowest BCUT2D eigenvalue weighted by Crippen LogP contribution is -2.62. The predicted molar refractivity (Wildman–Crippen MR) is 67.0 cm³/mol. The summed E-state index contributed by atoms with van der Waals surface area (Å²) >= 11 is 0. The fourth-order valence-corrected chi connectivity index (χ4v) is 2.68. The first-order valence-electron chi connectivity index (χ1n) is 6.61. The molecule has 0 aromatic heterocycles. The van der Waals surface area contributed by atoms with Crippen LogP contribution in [0.25, 0.3) is 0 Å². The van der Waals surface area contributed by atoms with E-state index < -0.39 is 0 Å². The fourth-order valence-electron chi connectivity index (χ4n) is 2.68. The Morgan fingerprint density at radius 2 is 1.88 bits per heavy atom. The van der Waals surface area contributed by atoms with Crippen LogP contribution in [0, 0.1) is 5.92 Å². The van der Waals surface area contributed by atoms with Gasteiger partial charge in [-0.25, -0.2) is 10.4 Å². The number of nitrogens with two attached hydrogens (primary N) is 1. The molecule has 2 fully saturated rings. The van der Waals surface area contributed by atoms with Crippen LogP contribution >= 0.6 is 0 Å². The van der Waals surface area contributed by atoms with Crippen LogP contribution in [0.4, 0.5) is 0 Å². The van der Waals surface area contributed by atoms with Crippen molar-refractivity contribution in [1.29, 1.82) is 0 Å². The minimum atomic E-state index is 0.176. The second-order valence-corrected chi connectivity index (χ2v) is 5.39. The Balaban J connectivity index is 1.90. The van der Waals surface area contributed by atoms with E-state index in [0.717, 1.165) is 45.1 Å². The van der Waals surface area contributed by atoms with E-state index in [9.17, 15) is 0 Å². The summed E-state index contributed by atoms with van der Waals surface area (Å²) in [7, 11) is 2.19. The van der Waals surface area contributed by atoms with Crippen LogP contribution in [-0.2, 0) is 0 Å². The van der Waals surface area contributed by atoms with Crippen LogP contribution in [0.5, 0.6) is 0 Å². The van der Waals surface area contributed by atoms with E-state index in [2.05, 4.69) is 29.3 Å². The molecular weight excluding hydrogens is 200 g/mol. The molecule has 1 saturated heterocycles. The molecule has 1 aliphatic carbocycles. The van der Waals surface area contributed by atoms with Gasteiger partial charge in [-0.3, -0.25) is 0 Å². The fraction of sp³-hybridized carbons (Fsp3) is 1.00. The van der Waals surface area contributed by atoms with Crippen molar-refractivity contribution in [3.05, 3.63) is 0 Å². The highest BCUT2D eigenvalue weighted by molar-refractivity contribution is 5.00. The van der Waals surface area contributed by atoms with Gasteiger partial charge in [-0.2, -0.15) is 0 Å². The van der Waals surface area contributed by atoms with E-state index in [0.29, 0.717) is 0 Å². The molecule has 0 amide bonds. The van der Waals surface area contributed by atoms with Gasteiger partial charge in [-0.15, -0.1) is 0 Å². The minimum absolute atomic E-state index is 0.176. The molecule has 1 saturated carbocycles. The van der Waals surface area contributed by atoms with Crippen molar-refractivity contribution in [1.82, 2.24) is 15.3 Å². The summed E-state index contributed by atoms with van der Waals surface area (Å²) in [5.74, 6) is 0.808. The number of nitrogens with one attached hydrogen (secondary N) is 1. The monoisotopic (exact) mass is 226 g/mol. The summed E-state index contributed by atoms with van der Waals surface area (Å²) < 4.78 is 0. The molecule has 1 aliphatic heterocycles. The number of hydrogen-bond acceptors (Lipinski definition) is 4. The normalized spacial score (nSPS) is 27.9. The summed E-state index contributed by atoms with van der Waals surface area (Å²) in [5, 5.41) is 2.38. The zero-order valence-electron chi connectivity index (χ0n) is 10.7.